The molecule has 4 nitrogen and oxygen atoms in total. The number of halogens is 1. The van der Waals surface area contributed by atoms with E-state index >= 15 is 0 Å². The molecule has 0 radical (unpaired) electrons. The lowest BCUT2D eigenvalue weighted by Gasteiger charge is -2.21. The van der Waals surface area contributed by atoms with Gasteiger partial charge in [0.25, 0.3) is 0 Å². The topological polar surface area (TPSA) is 45.6 Å². The molecule has 1 atom stereocenters. The summed E-state index contributed by atoms with van der Waals surface area (Å²) in [6.07, 6.45) is 0.634. The molecule has 0 aliphatic carbocycles. The van der Waals surface area contributed by atoms with Crippen molar-refractivity contribution in [1.82, 2.24) is 9.99 Å². The third-order valence-corrected chi connectivity index (χ3v) is 5.46. The molecule has 0 saturated carbocycles. The number of nitrogens with zero attached hydrogens (tertiary/aromatic N) is 3. The first-order chi connectivity index (χ1) is 12.0. The highest BCUT2D eigenvalue weighted by Gasteiger charge is 2.33. The molecule has 4 rings (SSSR count). The van der Waals surface area contributed by atoms with Crippen LogP contribution in [0.2, 0.25) is 5.15 Å². The van der Waals surface area contributed by atoms with Gasteiger partial charge in [0.05, 0.1) is 17.3 Å². The summed E-state index contributed by atoms with van der Waals surface area (Å²) in [5, 5.41) is 11.6. The zero-order valence-electron chi connectivity index (χ0n) is 13.9. The average Bonchev–Trinajstić information content (AvgIpc) is 3.24. The number of hydrogen-bond donors (Lipinski definition) is 0. The highest BCUT2D eigenvalue weighted by atomic mass is 35.5. The molecule has 6 heteroatoms. The number of pyridine rings is 1. The maximum Gasteiger partial charge on any atom is 0.240 e. The lowest BCUT2D eigenvalue weighted by Crippen LogP contribution is -2.24. The highest BCUT2D eigenvalue weighted by Crippen LogP contribution is 2.37. The van der Waals surface area contributed by atoms with Gasteiger partial charge in [0, 0.05) is 29.9 Å². The summed E-state index contributed by atoms with van der Waals surface area (Å²) in [5.41, 5.74) is 4.77. The van der Waals surface area contributed by atoms with Gasteiger partial charge in [-0.1, -0.05) is 29.8 Å². The lowest BCUT2D eigenvalue weighted by atomic mass is 9.99. The Morgan fingerprint density at radius 2 is 2.20 bits per heavy atom. The standard InChI is InChI=1S/C19H16ClN3OS/c1-11-4-3-5-13-8-15(19(20)21-18(11)13)17-9-16(14-6-7-25-10-14)22-23(17)12(2)24/h3-8,10,17H,9H2,1-2H3/t17-/m1/s1. The van der Waals surface area contributed by atoms with Crippen LogP contribution in [-0.2, 0) is 4.79 Å². The van der Waals surface area contributed by atoms with Crippen molar-refractivity contribution in [1.29, 1.82) is 0 Å². The number of carbonyl (C=O) groups is 1. The van der Waals surface area contributed by atoms with Gasteiger partial charge in [-0.25, -0.2) is 9.99 Å². The number of rotatable bonds is 2. The molecule has 1 amide bonds. The zero-order valence-corrected chi connectivity index (χ0v) is 15.4. The average molecular weight is 370 g/mol. The second-order valence-corrected chi connectivity index (χ2v) is 7.30. The molecule has 25 heavy (non-hydrogen) atoms. The molecule has 1 aromatic carbocycles. The quantitative estimate of drug-likeness (QED) is 0.599. The minimum atomic E-state index is -0.225. The van der Waals surface area contributed by atoms with E-state index in [-0.39, 0.29) is 11.9 Å². The van der Waals surface area contributed by atoms with Gasteiger partial charge >= 0.3 is 0 Å². The maximum absolute atomic E-state index is 12.1. The molecule has 3 aromatic rings. The lowest BCUT2D eigenvalue weighted by molar-refractivity contribution is -0.130. The van der Waals surface area contributed by atoms with Crippen molar-refractivity contribution in [3.63, 3.8) is 0 Å². The number of para-hydroxylation sites is 1. The number of amides is 1. The largest absolute Gasteiger partial charge is 0.273 e. The van der Waals surface area contributed by atoms with E-state index in [1.54, 1.807) is 11.3 Å². The number of hydrogen-bond acceptors (Lipinski definition) is 4. The second kappa shape index (κ2) is 6.24. The Labute approximate surface area is 154 Å². The molecule has 2 aromatic heterocycles. The van der Waals surface area contributed by atoms with Gasteiger partial charge in [0.1, 0.15) is 5.15 Å². The predicted octanol–water partition coefficient (Wildman–Crippen LogP) is 4.96. The van der Waals surface area contributed by atoms with Crippen LogP contribution < -0.4 is 0 Å². The highest BCUT2D eigenvalue weighted by molar-refractivity contribution is 7.08. The van der Waals surface area contributed by atoms with E-state index in [0.717, 1.165) is 33.3 Å². The molecule has 0 N–H and O–H groups in total. The van der Waals surface area contributed by atoms with Crippen LogP contribution in [-0.4, -0.2) is 21.6 Å². The fraction of sp³-hybridized carbons (Fsp3) is 0.211. The Morgan fingerprint density at radius 1 is 1.36 bits per heavy atom. The van der Waals surface area contributed by atoms with Crippen molar-refractivity contribution < 1.29 is 4.79 Å². The number of aromatic nitrogens is 1. The summed E-state index contributed by atoms with van der Waals surface area (Å²) in [5.74, 6) is -0.101. The Hall–Kier alpha value is -2.24. The van der Waals surface area contributed by atoms with Gasteiger partial charge in [-0.05, 0) is 35.4 Å². The SMILES string of the molecule is CC(=O)N1N=C(c2ccsc2)C[C@@H]1c1cc2cccc(C)c2nc1Cl. The first-order valence-corrected chi connectivity index (χ1v) is 9.32. The van der Waals surface area contributed by atoms with Crippen LogP contribution in [0.4, 0.5) is 0 Å². The molecular formula is C19H16ClN3OS. The summed E-state index contributed by atoms with van der Waals surface area (Å²) in [7, 11) is 0. The molecule has 1 aliphatic rings. The van der Waals surface area contributed by atoms with Crippen LogP contribution in [0.5, 0.6) is 0 Å². The normalized spacial score (nSPS) is 17.2. The van der Waals surface area contributed by atoms with Gasteiger partial charge in [-0.15, -0.1) is 0 Å². The van der Waals surface area contributed by atoms with Crippen LogP contribution in [0.15, 0.2) is 46.2 Å². The fourth-order valence-corrected chi connectivity index (χ4v) is 4.15. The smallest absolute Gasteiger partial charge is 0.240 e. The van der Waals surface area contributed by atoms with E-state index in [9.17, 15) is 4.79 Å². The molecule has 1 aliphatic heterocycles. The monoisotopic (exact) mass is 369 g/mol. The van der Waals surface area contributed by atoms with Crippen LogP contribution in [0.1, 0.15) is 36.1 Å². The van der Waals surface area contributed by atoms with Gasteiger partial charge in [-0.3, -0.25) is 4.79 Å². The van der Waals surface area contributed by atoms with Crippen LogP contribution in [0.3, 0.4) is 0 Å². The fourth-order valence-electron chi connectivity index (χ4n) is 3.22. The number of benzene rings is 1. The first-order valence-electron chi connectivity index (χ1n) is 8.00. The summed E-state index contributed by atoms with van der Waals surface area (Å²) < 4.78 is 0. The Morgan fingerprint density at radius 3 is 2.92 bits per heavy atom. The number of aryl methyl sites for hydroxylation is 1. The van der Waals surface area contributed by atoms with Gasteiger partial charge in [0.15, 0.2) is 0 Å². The van der Waals surface area contributed by atoms with Crippen LogP contribution in [0, 0.1) is 6.92 Å². The molecule has 126 valence electrons. The number of hydrazone groups is 1. The Bertz CT molecular complexity index is 997. The van der Waals surface area contributed by atoms with Gasteiger partial charge in [-0.2, -0.15) is 16.4 Å². The van der Waals surface area contributed by atoms with Crippen molar-refractivity contribution in [2.24, 2.45) is 5.10 Å². The van der Waals surface area contributed by atoms with Crippen molar-refractivity contribution in [2.45, 2.75) is 26.3 Å². The zero-order chi connectivity index (χ0) is 17.6. The summed E-state index contributed by atoms with van der Waals surface area (Å²) in [4.78, 5) is 16.7. The van der Waals surface area contributed by atoms with Gasteiger partial charge in [0.2, 0.25) is 5.91 Å². The van der Waals surface area contributed by atoms with Crippen LogP contribution >= 0.6 is 22.9 Å². The van der Waals surface area contributed by atoms with E-state index in [1.165, 1.54) is 11.9 Å². The Kier molecular flexibility index (Phi) is 4.06. The molecule has 0 bridgehead atoms. The van der Waals surface area contributed by atoms with E-state index < -0.39 is 0 Å². The third kappa shape index (κ3) is 2.83. The summed E-state index contributed by atoms with van der Waals surface area (Å²) in [6.45, 7) is 3.54. The first kappa shape index (κ1) is 16.2. The molecule has 0 unspecified atom stereocenters. The van der Waals surface area contributed by atoms with Crippen molar-refractivity contribution in [3.05, 3.63) is 62.9 Å². The van der Waals surface area contributed by atoms with Crippen molar-refractivity contribution in [3.8, 4) is 0 Å². The van der Waals surface area contributed by atoms with E-state index in [1.807, 2.05) is 48.0 Å². The number of thiophene rings is 1. The molecule has 0 spiro atoms. The summed E-state index contributed by atoms with van der Waals surface area (Å²) >= 11 is 8.12. The number of fused-ring (bicyclic) bond motifs is 1. The third-order valence-electron chi connectivity index (χ3n) is 4.47. The second-order valence-electron chi connectivity index (χ2n) is 6.16. The number of carbonyl (C=O) groups excluding carboxylic acids is 1. The molecular weight excluding hydrogens is 354 g/mol. The van der Waals surface area contributed by atoms with Gasteiger partial charge < -0.3 is 0 Å². The van der Waals surface area contributed by atoms with Crippen molar-refractivity contribution >= 4 is 45.5 Å². The van der Waals surface area contributed by atoms with E-state index in [4.69, 9.17) is 11.6 Å². The predicted molar refractivity (Wildman–Crippen MR) is 102 cm³/mol. The van der Waals surface area contributed by atoms with E-state index in [0.29, 0.717) is 11.6 Å². The summed E-state index contributed by atoms with van der Waals surface area (Å²) in [6, 6.07) is 9.86. The maximum atomic E-state index is 12.1. The molecule has 0 saturated heterocycles. The molecule has 0 fully saturated rings. The Balaban J connectivity index is 1.80. The minimum Gasteiger partial charge on any atom is -0.273 e. The van der Waals surface area contributed by atoms with Crippen molar-refractivity contribution in [2.75, 3.05) is 0 Å². The molecule has 3 heterocycles. The van der Waals surface area contributed by atoms with E-state index in [2.05, 4.69) is 10.1 Å². The minimum absolute atomic E-state index is 0.101. The van der Waals surface area contributed by atoms with Crippen LogP contribution in [0.25, 0.3) is 10.9 Å².